The lowest BCUT2D eigenvalue weighted by atomic mass is 9.98. The summed E-state index contributed by atoms with van der Waals surface area (Å²) in [5, 5.41) is 3.64. The number of aromatic nitrogens is 2. The van der Waals surface area contributed by atoms with Crippen molar-refractivity contribution in [3.05, 3.63) is 59.2 Å². The molecule has 0 bridgehead atoms. The van der Waals surface area contributed by atoms with Gasteiger partial charge in [0.15, 0.2) is 0 Å². The second kappa shape index (κ2) is 7.89. The minimum atomic E-state index is 0.299. The van der Waals surface area contributed by atoms with Gasteiger partial charge in [0.2, 0.25) is 0 Å². The molecule has 1 atom stereocenters. The third-order valence-electron chi connectivity index (χ3n) is 3.79. The van der Waals surface area contributed by atoms with E-state index in [1.807, 2.05) is 18.6 Å². The molecule has 0 amide bonds. The van der Waals surface area contributed by atoms with Gasteiger partial charge in [0.25, 0.3) is 0 Å². The van der Waals surface area contributed by atoms with E-state index in [0.29, 0.717) is 6.04 Å². The first kappa shape index (κ1) is 15.6. The molecule has 3 nitrogen and oxygen atoms in total. The number of pyridine rings is 2. The van der Waals surface area contributed by atoms with Crippen LogP contribution in [0.3, 0.4) is 0 Å². The Hall–Kier alpha value is -1.74. The first-order valence-electron chi connectivity index (χ1n) is 7.82. The van der Waals surface area contributed by atoms with Crippen LogP contribution >= 0.6 is 0 Å². The Bertz CT molecular complexity index is 549. The van der Waals surface area contributed by atoms with E-state index in [1.54, 1.807) is 0 Å². The maximum atomic E-state index is 4.60. The fourth-order valence-electron chi connectivity index (χ4n) is 2.48. The quantitative estimate of drug-likeness (QED) is 0.843. The molecule has 0 fully saturated rings. The lowest BCUT2D eigenvalue weighted by Gasteiger charge is -2.20. The standard InChI is InChI=1S/C18H25N3/c1-4-9-20-18(17-8-10-19-12-14(17)3)11-16-7-6-15(5-2)13-21-16/h6-8,10,12-13,18,20H,4-5,9,11H2,1-3H3. The summed E-state index contributed by atoms with van der Waals surface area (Å²) in [7, 11) is 0. The van der Waals surface area contributed by atoms with Crippen LogP contribution in [0, 0.1) is 6.92 Å². The minimum Gasteiger partial charge on any atom is -0.310 e. The molecule has 2 heterocycles. The van der Waals surface area contributed by atoms with E-state index in [2.05, 4.69) is 54.3 Å². The Morgan fingerprint density at radius 3 is 2.62 bits per heavy atom. The molecule has 1 unspecified atom stereocenters. The van der Waals surface area contributed by atoms with E-state index in [0.717, 1.165) is 31.5 Å². The van der Waals surface area contributed by atoms with Crippen molar-refractivity contribution in [1.82, 2.24) is 15.3 Å². The summed E-state index contributed by atoms with van der Waals surface area (Å²) in [5.74, 6) is 0. The molecule has 2 aromatic rings. The molecule has 2 rings (SSSR count). The van der Waals surface area contributed by atoms with Crippen LogP contribution in [0.4, 0.5) is 0 Å². The van der Waals surface area contributed by atoms with Crippen LogP contribution in [0.15, 0.2) is 36.8 Å². The van der Waals surface area contributed by atoms with Gasteiger partial charge in [-0.15, -0.1) is 0 Å². The SMILES string of the molecule is CCCNC(Cc1ccc(CC)cn1)c1ccncc1C. The zero-order valence-electron chi connectivity index (χ0n) is 13.3. The van der Waals surface area contributed by atoms with E-state index < -0.39 is 0 Å². The van der Waals surface area contributed by atoms with Gasteiger partial charge in [-0.3, -0.25) is 9.97 Å². The molecule has 2 aromatic heterocycles. The van der Waals surface area contributed by atoms with E-state index >= 15 is 0 Å². The summed E-state index contributed by atoms with van der Waals surface area (Å²) < 4.78 is 0. The lowest BCUT2D eigenvalue weighted by Crippen LogP contribution is -2.25. The Labute approximate surface area is 127 Å². The highest BCUT2D eigenvalue weighted by atomic mass is 14.9. The molecule has 0 saturated heterocycles. The number of nitrogens with one attached hydrogen (secondary N) is 1. The summed E-state index contributed by atoms with van der Waals surface area (Å²) in [5.41, 5.74) is 4.98. The Balaban J connectivity index is 2.17. The summed E-state index contributed by atoms with van der Waals surface area (Å²) >= 11 is 0. The van der Waals surface area contributed by atoms with Gasteiger partial charge in [-0.25, -0.2) is 0 Å². The van der Waals surface area contributed by atoms with Gasteiger partial charge < -0.3 is 5.32 Å². The highest BCUT2D eigenvalue weighted by molar-refractivity contribution is 5.27. The zero-order chi connectivity index (χ0) is 15.1. The molecule has 21 heavy (non-hydrogen) atoms. The number of hydrogen-bond acceptors (Lipinski definition) is 3. The Kier molecular flexibility index (Phi) is 5.88. The summed E-state index contributed by atoms with van der Waals surface area (Å²) in [4.78, 5) is 8.79. The second-order valence-corrected chi connectivity index (χ2v) is 5.45. The number of aryl methyl sites for hydroxylation is 2. The Morgan fingerprint density at radius 1 is 1.14 bits per heavy atom. The van der Waals surface area contributed by atoms with Crippen LogP contribution in [-0.4, -0.2) is 16.5 Å². The van der Waals surface area contributed by atoms with Crippen molar-refractivity contribution >= 4 is 0 Å². The summed E-state index contributed by atoms with van der Waals surface area (Å²) in [6, 6.07) is 6.74. The van der Waals surface area contributed by atoms with E-state index in [1.165, 1.54) is 16.7 Å². The van der Waals surface area contributed by atoms with Crippen LogP contribution in [0.2, 0.25) is 0 Å². The fourth-order valence-corrected chi connectivity index (χ4v) is 2.48. The number of nitrogens with zero attached hydrogens (tertiary/aromatic N) is 2. The molecule has 0 aromatic carbocycles. The third kappa shape index (κ3) is 4.36. The minimum absolute atomic E-state index is 0.299. The second-order valence-electron chi connectivity index (χ2n) is 5.45. The van der Waals surface area contributed by atoms with Crippen molar-refractivity contribution in [2.24, 2.45) is 0 Å². The fraction of sp³-hybridized carbons (Fsp3) is 0.444. The maximum absolute atomic E-state index is 4.60. The van der Waals surface area contributed by atoms with E-state index in [-0.39, 0.29) is 0 Å². The molecule has 0 aliphatic heterocycles. The van der Waals surface area contributed by atoms with Crippen molar-refractivity contribution in [3.63, 3.8) is 0 Å². The molecule has 112 valence electrons. The maximum Gasteiger partial charge on any atom is 0.0422 e. The van der Waals surface area contributed by atoms with Gasteiger partial charge in [-0.05, 0) is 55.1 Å². The van der Waals surface area contributed by atoms with E-state index in [9.17, 15) is 0 Å². The van der Waals surface area contributed by atoms with E-state index in [4.69, 9.17) is 0 Å². The van der Waals surface area contributed by atoms with Crippen LogP contribution in [-0.2, 0) is 12.8 Å². The first-order chi connectivity index (χ1) is 10.2. The molecule has 0 spiro atoms. The molecule has 0 radical (unpaired) electrons. The molecular weight excluding hydrogens is 258 g/mol. The van der Waals surface area contributed by atoms with Crippen molar-refractivity contribution < 1.29 is 0 Å². The molecule has 0 aliphatic rings. The Morgan fingerprint density at radius 2 is 2.00 bits per heavy atom. The van der Waals surface area contributed by atoms with Gasteiger partial charge in [-0.2, -0.15) is 0 Å². The highest BCUT2D eigenvalue weighted by Crippen LogP contribution is 2.20. The predicted molar refractivity (Wildman–Crippen MR) is 87.3 cm³/mol. The normalized spacial score (nSPS) is 12.3. The van der Waals surface area contributed by atoms with Gasteiger partial charge >= 0.3 is 0 Å². The molecule has 0 aliphatic carbocycles. The van der Waals surface area contributed by atoms with Crippen molar-refractivity contribution in [3.8, 4) is 0 Å². The predicted octanol–water partition coefficient (Wildman–Crippen LogP) is 3.63. The third-order valence-corrected chi connectivity index (χ3v) is 3.79. The topological polar surface area (TPSA) is 37.8 Å². The zero-order valence-corrected chi connectivity index (χ0v) is 13.3. The molecule has 3 heteroatoms. The van der Waals surface area contributed by atoms with Crippen molar-refractivity contribution in [2.45, 2.75) is 46.1 Å². The smallest absolute Gasteiger partial charge is 0.0422 e. The summed E-state index contributed by atoms with van der Waals surface area (Å²) in [6.45, 7) is 7.48. The van der Waals surface area contributed by atoms with Crippen LogP contribution in [0.1, 0.15) is 48.7 Å². The van der Waals surface area contributed by atoms with Crippen LogP contribution in [0.5, 0.6) is 0 Å². The molecule has 1 N–H and O–H groups in total. The number of hydrogen-bond donors (Lipinski definition) is 1. The summed E-state index contributed by atoms with van der Waals surface area (Å²) in [6.07, 6.45) is 8.87. The average Bonchev–Trinajstić information content (AvgIpc) is 2.53. The largest absolute Gasteiger partial charge is 0.310 e. The van der Waals surface area contributed by atoms with Crippen molar-refractivity contribution in [2.75, 3.05) is 6.54 Å². The van der Waals surface area contributed by atoms with Gasteiger partial charge in [0, 0.05) is 36.7 Å². The van der Waals surface area contributed by atoms with Gasteiger partial charge in [0.05, 0.1) is 0 Å². The lowest BCUT2D eigenvalue weighted by molar-refractivity contribution is 0.521. The van der Waals surface area contributed by atoms with Gasteiger partial charge in [0.1, 0.15) is 0 Å². The molecule has 0 saturated carbocycles. The highest BCUT2D eigenvalue weighted by Gasteiger charge is 2.14. The van der Waals surface area contributed by atoms with Crippen LogP contribution < -0.4 is 5.32 Å². The monoisotopic (exact) mass is 283 g/mol. The van der Waals surface area contributed by atoms with Crippen LogP contribution in [0.25, 0.3) is 0 Å². The molecular formula is C18H25N3. The van der Waals surface area contributed by atoms with Crippen molar-refractivity contribution in [1.29, 1.82) is 0 Å². The van der Waals surface area contributed by atoms with Gasteiger partial charge in [-0.1, -0.05) is 19.9 Å². The average molecular weight is 283 g/mol. The first-order valence-corrected chi connectivity index (χ1v) is 7.82. The number of rotatable bonds is 7.